The molecule has 8 nitrogen and oxygen atoms in total. The fraction of sp³-hybridized carbons (Fsp3) is 0.231. The minimum atomic E-state index is -3.92. The van der Waals surface area contributed by atoms with Gasteiger partial charge in [-0.25, -0.2) is 18.0 Å². The molecule has 0 saturated heterocycles. The number of nitrogens with one attached hydrogen (secondary N) is 1. The summed E-state index contributed by atoms with van der Waals surface area (Å²) in [4.78, 5) is 24.7. The van der Waals surface area contributed by atoms with Gasteiger partial charge < -0.3 is 18.9 Å². The summed E-state index contributed by atoms with van der Waals surface area (Å²) < 4.78 is 36.8. The van der Waals surface area contributed by atoms with Gasteiger partial charge in [0, 0.05) is 22.9 Å². The van der Waals surface area contributed by atoms with Crippen molar-refractivity contribution < 1.29 is 36.9 Å². The molecule has 35 heavy (non-hydrogen) atoms. The number of carbonyl (C=O) groups excluding carboxylic acids is 2. The molecule has 0 aromatic heterocycles. The van der Waals surface area contributed by atoms with Gasteiger partial charge in [0.05, 0.1) is 35.5 Å². The summed E-state index contributed by atoms with van der Waals surface area (Å²) in [5.41, 5.74) is 4.62. The smallest absolute Gasteiger partial charge is 0.337 e. The van der Waals surface area contributed by atoms with Crippen molar-refractivity contribution in [3.8, 4) is 0 Å². The Kier molecular flexibility index (Phi) is 10.6. The maximum Gasteiger partial charge on any atom is 0.337 e. The molecule has 3 aromatic rings. The monoisotopic (exact) mass is 499 g/mol. The first-order valence-corrected chi connectivity index (χ1v) is 12.5. The van der Waals surface area contributed by atoms with Gasteiger partial charge in [-0.2, -0.15) is 0 Å². The summed E-state index contributed by atoms with van der Waals surface area (Å²) in [6, 6.07) is 25.4. The summed E-state index contributed by atoms with van der Waals surface area (Å²) >= 11 is 0. The second kappa shape index (κ2) is 13.4. The Hall–Kier alpha value is -3.53. The van der Waals surface area contributed by atoms with E-state index < -0.39 is 10.1 Å². The van der Waals surface area contributed by atoms with Crippen LogP contribution < -0.4 is 4.90 Å². The SMILES string of the molecule is COC(=O)c1ccc(C[NH+](Cc2ccccc2)Cc2ccc(C(=O)OC)cc2)cc1.CS(=O)(=O)[O-]. The molecule has 0 unspecified atom stereocenters. The number of hydrogen-bond acceptors (Lipinski definition) is 7. The maximum absolute atomic E-state index is 11.7. The normalized spacial score (nSPS) is 10.8. The molecule has 0 amide bonds. The molecule has 0 saturated carbocycles. The highest BCUT2D eigenvalue weighted by Gasteiger charge is 2.14. The van der Waals surface area contributed by atoms with Gasteiger partial charge >= 0.3 is 11.9 Å². The Bertz CT molecular complexity index is 1120. The standard InChI is InChI=1S/C25H25NO4.CH4O3S/c1-29-24(27)22-12-8-20(9-13-22)17-26(16-19-6-4-3-5-7-19)18-21-10-14-23(15-11-21)25(28)30-2;1-5(2,3)4/h3-15H,16-18H2,1-2H3;1H3,(H,2,3,4). The molecule has 3 rings (SSSR count). The molecule has 0 heterocycles. The Morgan fingerprint density at radius 1 is 0.686 bits per heavy atom. The van der Waals surface area contributed by atoms with Crippen LogP contribution in [0.2, 0.25) is 0 Å². The number of quaternary nitrogens is 1. The van der Waals surface area contributed by atoms with Crippen molar-refractivity contribution in [2.45, 2.75) is 19.6 Å². The zero-order valence-electron chi connectivity index (χ0n) is 19.9. The molecule has 0 radical (unpaired) electrons. The third-order valence-corrected chi connectivity index (χ3v) is 4.96. The van der Waals surface area contributed by atoms with Crippen molar-refractivity contribution in [2.24, 2.45) is 0 Å². The van der Waals surface area contributed by atoms with E-state index in [1.807, 2.05) is 42.5 Å². The van der Waals surface area contributed by atoms with Gasteiger partial charge in [-0.3, -0.25) is 0 Å². The lowest BCUT2D eigenvalue weighted by Gasteiger charge is -2.20. The van der Waals surface area contributed by atoms with Gasteiger partial charge in [0.2, 0.25) is 0 Å². The van der Waals surface area contributed by atoms with Crippen LogP contribution in [0.3, 0.4) is 0 Å². The molecule has 0 spiro atoms. The van der Waals surface area contributed by atoms with E-state index in [9.17, 15) is 9.59 Å². The highest BCUT2D eigenvalue weighted by molar-refractivity contribution is 7.84. The first-order chi connectivity index (χ1) is 16.6. The van der Waals surface area contributed by atoms with Crippen molar-refractivity contribution in [1.29, 1.82) is 0 Å². The van der Waals surface area contributed by atoms with E-state index in [0.717, 1.165) is 30.8 Å². The van der Waals surface area contributed by atoms with E-state index >= 15 is 0 Å². The second-order valence-electron chi connectivity index (χ2n) is 7.85. The van der Waals surface area contributed by atoms with Crippen LogP contribution in [0.15, 0.2) is 78.9 Å². The summed E-state index contributed by atoms with van der Waals surface area (Å²) in [6.07, 6.45) is 0.604. The van der Waals surface area contributed by atoms with Crippen molar-refractivity contribution in [1.82, 2.24) is 0 Å². The minimum Gasteiger partial charge on any atom is -0.748 e. The highest BCUT2D eigenvalue weighted by atomic mass is 32.2. The summed E-state index contributed by atoms with van der Waals surface area (Å²) in [7, 11) is -1.15. The van der Waals surface area contributed by atoms with Crippen molar-refractivity contribution >= 4 is 22.1 Å². The first-order valence-electron chi connectivity index (χ1n) is 10.7. The van der Waals surface area contributed by atoms with Crippen LogP contribution in [-0.4, -0.2) is 45.4 Å². The molecule has 1 N–H and O–H groups in total. The van der Waals surface area contributed by atoms with Crippen LogP contribution in [0.25, 0.3) is 0 Å². The minimum absolute atomic E-state index is 0.333. The quantitative estimate of drug-likeness (QED) is 0.373. The summed E-state index contributed by atoms with van der Waals surface area (Å²) in [6.45, 7) is 2.46. The van der Waals surface area contributed by atoms with Crippen LogP contribution in [0.5, 0.6) is 0 Å². The van der Waals surface area contributed by atoms with E-state index in [1.54, 1.807) is 24.3 Å². The molecule has 9 heteroatoms. The van der Waals surface area contributed by atoms with E-state index in [2.05, 4.69) is 12.1 Å². The zero-order valence-corrected chi connectivity index (χ0v) is 20.7. The average Bonchev–Trinajstić information content (AvgIpc) is 2.83. The molecular formula is C26H29NO7S. The molecule has 186 valence electrons. The van der Waals surface area contributed by atoms with E-state index in [4.69, 9.17) is 22.4 Å². The number of esters is 2. The van der Waals surface area contributed by atoms with Crippen LogP contribution in [0.4, 0.5) is 0 Å². The lowest BCUT2D eigenvalue weighted by molar-refractivity contribution is -0.941. The molecule has 0 aliphatic heterocycles. The first kappa shape index (κ1) is 27.7. The fourth-order valence-corrected chi connectivity index (χ4v) is 3.40. The van der Waals surface area contributed by atoms with Gasteiger partial charge in [0.1, 0.15) is 19.6 Å². The van der Waals surface area contributed by atoms with Gasteiger partial charge in [0.25, 0.3) is 0 Å². The Labute approximate surface area is 205 Å². The molecule has 0 fully saturated rings. The molecule has 0 atom stereocenters. The topological polar surface area (TPSA) is 114 Å². The lowest BCUT2D eigenvalue weighted by atomic mass is 10.1. The van der Waals surface area contributed by atoms with E-state index in [-0.39, 0.29) is 11.9 Å². The highest BCUT2D eigenvalue weighted by Crippen LogP contribution is 2.08. The Balaban J connectivity index is 0.000000784. The number of benzene rings is 3. The van der Waals surface area contributed by atoms with Crippen LogP contribution >= 0.6 is 0 Å². The zero-order chi connectivity index (χ0) is 25.8. The van der Waals surface area contributed by atoms with Crippen LogP contribution in [0.1, 0.15) is 37.4 Å². The summed E-state index contributed by atoms with van der Waals surface area (Å²) in [5, 5.41) is 0. The number of ether oxygens (including phenoxy) is 2. The molecule has 0 aliphatic rings. The fourth-order valence-electron chi connectivity index (χ4n) is 3.40. The molecule has 0 aliphatic carbocycles. The molecular weight excluding hydrogens is 470 g/mol. The molecule has 3 aromatic carbocycles. The van der Waals surface area contributed by atoms with Gasteiger partial charge in [-0.05, 0) is 24.3 Å². The lowest BCUT2D eigenvalue weighted by Crippen LogP contribution is -3.08. The molecule has 0 bridgehead atoms. The van der Waals surface area contributed by atoms with Gasteiger partial charge in [0.15, 0.2) is 0 Å². The summed E-state index contributed by atoms with van der Waals surface area (Å²) in [5.74, 6) is -0.665. The third kappa shape index (κ3) is 10.5. The number of methoxy groups -OCH3 is 2. The average molecular weight is 500 g/mol. The van der Waals surface area contributed by atoms with Crippen molar-refractivity contribution in [3.05, 3.63) is 107 Å². The predicted molar refractivity (Wildman–Crippen MR) is 130 cm³/mol. The van der Waals surface area contributed by atoms with Crippen molar-refractivity contribution in [2.75, 3.05) is 20.5 Å². The van der Waals surface area contributed by atoms with E-state index in [0.29, 0.717) is 17.4 Å². The van der Waals surface area contributed by atoms with E-state index in [1.165, 1.54) is 24.7 Å². The predicted octanol–water partition coefficient (Wildman–Crippen LogP) is 2.21. The number of carbonyl (C=O) groups is 2. The number of rotatable bonds is 8. The number of hydrogen-bond donors (Lipinski definition) is 1. The third-order valence-electron chi connectivity index (χ3n) is 4.96. The Morgan fingerprint density at radius 2 is 1.00 bits per heavy atom. The largest absolute Gasteiger partial charge is 0.748 e. The van der Waals surface area contributed by atoms with Gasteiger partial charge in [-0.15, -0.1) is 0 Å². The Morgan fingerprint density at radius 3 is 1.31 bits per heavy atom. The van der Waals surface area contributed by atoms with Crippen molar-refractivity contribution in [3.63, 3.8) is 0 Å². The van der Waals surface area contributed by atoms with Gasteiger partial charge in [-0.1, -0.05) is 54.6 Å². The van der Waals surface area contributed by atoms with Crippen LogP contribution in [-0.2, 0) is 39.2 Å². The second-order valence-corrected chi connectivity index (χ2v) is 9.26. The maximum atomic E-state index is 11.7. The van der Waals surface area contributed by atoms with Crippen LogP contribution in [0, 0.1) is 0 Å².